The van der Waals surface area contributed by atoms with Crippen molar-refractivity contribution < 1.29 is 0 Å². The minimum Gasteiger partial charge on any atom is -0.327 e. The van der Waals surface area contributed by atoms with Crippen LogP contribution in [0.15, 0.2) is 12.2 Å². The van der Waals surface area contributed by atoms with E-state index in [9.17, 15) is 0 Å². The number of nitrogens with two attached hydrogens (primary N) is 1. The molecule has 2 rings (SSSR count). The van der Waals surface area contributed by atoms with Crippen molar-refractivity contribution in [1.82, 2.24) is 4.90 Å². The maximum Gasteiger partial charge on any atom is 0.0230 e. The molecule has 2 bridgehead atoms. The molecule has 11 heavy (non-hydrogen) atoms. The van der Waals surface area contributed by atoms with Crippen molar-refractivity contribution in [3.8, 4) is 0 Å². The Hall–Kier alpha value is -0.340. The highest BCUT2D eigenvalue weighted by molar-refractivity contribution is 5.19. The summed E-state index contributed by atoms with van der Waals surface area (Å²) in [5, 5.41) is 0. The Labute approximate surface area is 68.1 Å². The molecular formula is C9H16N2. The summed E-state index contributed by atoms with van der Waals surface area (Å²) in [5.41, 5.74) is 5.97. The zero-order valence-corrected chi connectivity index (χ0v) is 7.20. The second kappa shape index (κ2) is 2.32. The van der Waals surface area contributed by atoms with Gasteiger partial charge in [-0.3, -0.25) is 0 Å². The highest BCUT2D eigenvalue weighted by Gasteiger charge is 2.43. The van der Waals surface area contributed by atoms with Gasteiger partial charge in [-0.15, -0.1) is 0 Å². The Kier molecular flexibility index (Phi) is 1.55. The molecule has 0 spiro atoms. The molecule has 62 valence electrons. The van der Waals surface area contributed by atoms with E-state index in [1.807, 2.05) is 0 Å². The Morgan fingerprint density at radius 3 is 2.36 bits per heavy atom. The highest BCUT2D eigenvalue weighted by atomic mass is 15.1. The molecule has 2 heteroatoms. The summed E-state index contributed by atoms with van der Waals surface area (Å²) in [4.78, 5) is 2.31. The van der Waals surface area contributed by atoms with Crippen LogP contribution in [0.25, 0.3) is 0 Å². The average Bonchev–Trinajstić information content (AvgIpc) is 2.41. The van der Waals surface area contributed by atoms with Crippen LogP contribution in [0.3, 0.4) is 0 Å². The second-order valence-electron chi connectivity index (χ2n) is 3.98. The molecule has 0 amide bonds. The van der Waals surface area contributed by atoms with Crippen molar-refractivity contribution in [2.24, 2.45) is 17.6 Å². The maximum absolute atomic E-state index is 5.97. The van der Waals surface area contributed by atoms with Gasteiger partial charge in [0.2, 0.25) is 0 Å². The average molecular weight is 152 g/mol. The predicted molar refractivity (Wildman–Crippen MR) is 46.2 cm³/mol. The molecule has 4 unspecified atom stereocenters. The first-order valence-electron chi connectivity index (χ1n) is 4.30. The van der Waals surface area contributed by atoms with Crippen LogP contribution in [0.2, 0.25) is 0 Å². The summed E-state index contributed by atoms with van der Waals surface area (Å²) in [6.45, 7) is 0. The summed E-state index contributed by atoms with van der Waals surface area (Å²) in [7, 11) is 4.30. The van der Waals surface area contributed by atoms with E-state index in [1.165, 1.54) is 6.42 Å². The standard InChI is InChI=1S/C9H16N2/c1-11(2)9-6-3-4-7(9)8(10)5-6/h3-4,6-9H,5,10H2,1-2H3. The zero-order chi connectivity index (χ0) is 8.01. The molecule has 0 heterocycles. The fourth-order valence-corrected chi connectivity index (χ4v) is 2.60. The van der Waals surface area contributed by atoms with E-state index in [2.05, 4.69) is 31.1 Å². The lowest BCUT2D eigenvalue weighted by Crippen LogP contribution is -2.36. The highest BCUT2D eigenvalue weighted by Crippen LogP contribution is 2.40. The van der Waals surface area contributed by atoms with Crippen LogP contribution in [0.1, 0.15) is 6.42 Å². The van der Waals surface area contributed by atoms with Gasteiger partial charge in [0.1, 0.15) is 0 Å². The van der Waals surface area contributed by atoms with E-state index >= 15 is 0 Å². The van der Waals surface area contributed by atoms with Crippen molar-refractivity contribution in [3.05, 3.63) is 12.2 Å². The molecule has 0 aromatic rings. The van der Waals surface area contributed by atoms with E-state index in [0.29, 0.717) is 18.0 Å². The van der Waals surface area contributed by atoms with Gasteiger partial charge >= 0.3 is 0 Å². The lowest BCUT2D eigenvalue weighted by atomic mass is 10.0. The molecule has 0 aromatic carbocycles. The Morgan fingerprint density at radius 1 is 1.36 bits per heavy atom. The largest absolute Gasteiger partial charge is 0.327 e. The van der Waals surface area contributed by atoms with E-state index in [0.717, 1.165) is 5.92 Å². The summed E-state index contributed by atoms with van der Waals surface area (Å²) in [6.07, 6.45) is 5.81. The molecule has 1 saturated carbocycles. The molecule has 2 N–H and O–H groups in total. The molecule has 2 aliphatic carbocycles. The van der Waals surface area contributed by atoms with E-state index in [4.69, 9.17) is 5.73 Å². The Balaban J connectivity index is 2.18. The number of hydrogen-bond acceptors (Lipinski definition) is 2. The van der Waals surface area contributed by atoms with E-state index in [-0.39, 0.29) is 0 Å². The first-order valence-corrected chi connectivity index (χ1v) is 4.30. The molecule has 4 atom stereocenters. The normalized spacial score (nSPS) is 47.6. The van der Waals surface area contributed by atoms with Gasteiger partial charge in [-0.25, -0.2) is 0 Å². The van der Waals surface area contributed by atoms with Crippen LogP contribution >= 0.6 is 0 Å². The van der Waals surface area contributed by atoms with Gasteiger partial charge in [0.05, 0.1) is 0 Å². The van der Waals surface area contributed by atoms with Crippen molar-refractivity contribution in [1.29, 1.82) is 0 Å². The number of fused-ring (bicyclic) bond motifs is 2. The third-order valence-corrected chi connectivity index (χ3v) is 3.05. The van der Waals surface area contributed by atoms with Gasteiger partial charge in [0, 0.05) is 18.0 Å². The first-order chi connectivity index (χ1) is 5.20. The second-order valence-corrected chi connectivity index (χ2v) is 3.98. The summed E-state index contributed by atoms with van der Waals surface area (Å²) in [6, 6.07) is 1.10. The molecule has 1 fully saturated rings. The van der Waals surface area contributed by atoms with Crippen LogP contribution in [0.4, 0.5) is 0 Å². The summed E-state index contributed by atoms with van der Waals surface area (Å²) < 4.78 is 0. The van der Waals surface area contributed by atoms with Gasteiger partial charge in [0.15, 0.2) is 0 Å². The molecule has 2 nitrogen and oxygen atoms in total. The number of hydrogen-bond donors (Lipinski definition) is 1. The zero-order valence-electron chi connectivity index (χ0n) is 7.20. The van der Waals surface area contributed by atoms with E-state index < -0.39 is 0 Å². The topological polar surface area (TPSA) is 29.3 Å². The quantitative estimate of drug-likeness (QED) is 0.553. The molecule has 2 aliphatic rings. The Bertz CT molecular complexity index is 186. The molecule has 0 radical (unpaired) electrons. The molecule has 0 saturated heterocycles. The molecule has 0 aliphatic heterocycles. The van der Waals surface area contributed by atoms with Gasteiger partial charge < -0.3 is 10.6 Å². The van der Waals surface area contributed by atoms with Crippen LogP contribution in [-0.2, 0) is 0 Å². The number of nitrogens with zero attached hydrogens (tertiary/aromatic N) is 1. The Morgan fingerprint density at radius 2 is 2.09 bits per heavy atom. The smallest absolute Gasteiger partial charge is 0.0230 e. The lowest BCUT2D eigenvalue weighted by Gasteiger charge is -2.24. The summed E-state index contributed by atoms with van der Waals surface area (Å²) >= 11 is 0. The summed E-state index contributed by atoms with van der Waals surface area (Å²) in [5.74, 6) is 1.35. The lowest BCUT2D eigenvalue weighted by molar-refractivity contribution is 0.244. The van der Waals surface area contributed by atoms with Gasteiger partial charge in [-0.05, 0) is 26.4 Å². The minimum absolute atomic E-state index is 0.414. The first kappa shape index (κ1) is 7.32. The van der Waals surface area contributed by atoms with Gasteiger partial charge in [0.25, 0.3) is 0 Å². The van der Waals surface area contributed by atoms with Crippen molar-refractivity contribution in [2.45, 2.75) is 18.5 Å². The van der Waals surface area contributed by atoms with Gasteiger partial charge in [-0.1, -0.05) is 12.2 Å². The fraction of sp³-hybridized carbons (Fsp3) is 0.778. The van der Waals surface area contributed by atoms with Crippen LogP contribution < -0.4 is 5.73 Å². The third kappa shape index (κ3) is 0.932. The van der Waals surface area contributed by atoms with Crippen LogP contribution in [0, 0.1) is 11.8 Å². The predicted octanol–water partition coefficient (Wildman–Crippen LogP) is 0.450. The van der Waals surface area contributed by atoms with Crippen molar-refractivity contribution in [2.75, 3.05) is 14.1 Å². The van der Waals surface area contributed by atoms with Gasteiger partial charge in [-0.2, -0.15) is 0 Å². The maximum atomic E-state index is 5.97. The molecular weight excluding hydrogens is 136 g/mol. The van der Waals surface area contributed by atoms with E-state index in [1.54, 1.807) is 0 Å². The van der Waals surface area contributed by atoms with Crippen LogP contribution in [-0.4, -0.2) is 31.1 Å². The van der Waals surface area contributed by atoms with Crippen molar-refractivity contribution >= 4 is 0 Å². The van der Waals surface area contributed by atoms with Crippen molar-refractivity contribution in [3.63, 3.8) is 0 Å². The van der Waals surface area contributed by atoms with Crippen LogP contribution in [0.5, 0.6) is 0 Å². The monoisotopic (exact) mass is 152 g/mol. The number of rotatable bonds is 1. The fourth-order valence-electron chi connectivity index (χ4n) is 2.60. The molecule has 0 aromatic heterocycles. The minimum atomic E-state index is 0.414. The SMILES string of the molecule is CN(C)C1C2C=CC1C(N)C2. The third-order valence-electron chi connectivity index (χ3n) is 3.05.